The molecule has 1 aromatic heterocycles. The second kappa shape index (κ2) is 6.03. The molecular formula is C13H8Br2N4O. The van der Waals surface area contributed by atoms with Gasteiger partial charge in [0.25, 0.3) is 5.91 Å². The Morgan fingerprint density at radius 2 is 2.05 bits per heavy atom. The maximum Gasteiger partial charge on any atom is 0.259 e. The third kappa shape index (κ3) is 3.15. The van der Waals surface area contributed by atoms with E-state index in [1.807, 2.05) is 6.07 Å². The number of hydrogen-bond acceptors (Lipinski definition) is 4. The number of nitrogens with zero attached hydrogens (tertiary/aromatic N) is 2. The molecule has 1 heterocycles. The van der Waals surface area contributed by atoms with Crippen LogP contribution >= 0.6 is 31.9 Å². The zero-order chi connectivity index (χ0) is 14.7. The normalized spacial score (nSPS) is 9.85. The fourth-order valence-electron chi connectivity index (χ4n) is 1.54. The van der Waals surface area contributed by atoms with Crippen LogP contribution in [0.2, 0.25) is 0 Å². The molecule has 20 heavy (non-hydrogen) atoms. The van der Waals surface area contributed by atoms with Crippen molar-refractivity contribution in [2.45, 2.75) is 0 Å². The Morgan fingerprint density at radius 3 is 2.75 bits per heavy atom. The van der Waals surface area contributed by atoms with Crippen LogP contribution in [-0.4, -0.2) is 10.9 Å². The van der Waals surface area contributed by atoms with Crippen molar-refractivity contribution < 1.29 is 4.79 Å². The van der Waals surface area contributed by atoms with Gasteiger partial charge in [-0.15, -0.1) is 0 Å². The van der Waals surface area contributed by atoms with Gasteiger partial charge < -0.3 is 11.1 Å². The molecule has 1 amide bonds. The number of amides is 1. The lowest BCUT2D eigenvalue weighted by atomic mass is 10.1. The molecule has 2 rings (SSSR count). The molecule has 0 spiro atoms. The summed E-state index contributed by atoms with van der Waals surface area (Å²) in [6, 6.07) is 8.57. The van der Waals surface area contributed by atoms with E-state index in [1.165, 1.54) is 6.20 Å². The van der Waals surface area contributed by atoms with E-state index in [-0.39, 0.29) is 11.4 Å². The quantitative estimate of drug-likeness (QED) is 0.815. The van der Waals surface area contributed by atoms with E-state index < -0.39 is 5.91 Å². The molecular weight excluding hydrogens is 388 g/mol. The summed E-state index contributed by atoms with van der Waals surface area (Å²) >= 11 is 6.52. The zero-order valence-electron chi connectivity index (χ0n) is 10.0. The summed E-state index contributed by atoms with van der Waals surface area (Å²) in [6.45, 7) is 0. The first-order valence-corrected chi connectivity index (χ1v) is 7.02. The highest BCUT2D eigenvalue weighted by atomic mass is 79.9. The van der Waals surface area contributed by atoms with Crippen LogP contribution in [0.4, 0.5) is 11.5 Å². The lowest BCUT2D eigenvalue weighted by Gasteiger charge is -2.09. The number of anilines is 2. The summed E-state index contributed by atoms with van der Waals surface area (Å²) in [5, 5.41) is 11.7. The van der Waals surface area contributed by atoms with Crippen LogP contribution in [0.1, 0.15) is 15.9 Å². The number of halogens is 2. The van der Waals surface area contributed by atoms with Gasteiger partial charge in [-0.1, -0.05) is 15.9 Å². The lowest BCUT2D eigenvalue weighted by molar-refractivity contribution is 0.102. The monoisotopic (exact) mass is 394 g/mol. The summed E-state index contributed by atoms with van der Waals surface area (Å²) in [6.07, 6.45) is 1.51. The van der Waals surface area contributed by atoms with Crippen molar-refractivity contribution >= 4 is 49.3 Å². The van der Waals surface area contributed by atoms with Gasteiger partial charge in [0.15, 0.2) is 0 Å². The lowest BCUT2D eigenvalue weighted by Crippen LogP contribution is -2.15. The fourth-order valence-corrected chi connectivity index (χ4v) is 2.23. The molecule has 1 aromatic carbocycles. The van der Waals surface area contributed by atoms with Crippen LogP contribution < -0.4 is 11.1 Å². The minimum absolute atomic E-state index is 0.124. The minimum Gasteiger partial charge on any atom is -0.383 e. The van der Waals surface area contributed by atoms with E-state index >= 15 is 0 Å². The molecule has 0 aliphatic heterocycles. The maximum absolute atomic E-state index is 12.2. The third-order valence-corrected chi connectivity index (χ3v) is 3.41. The van der Waals surface area contributed by atoms with Crippen LogP contribution in [0.5, 0.6) is 0 Å². The number of nitrogen functional groups attached to an aromatic ring is 1. The van der Waals surface area contributed by atoms with E-state index in [2.05, 4.69) is 42.2 Å². The average Bonchev–Trinajstić information content (AvgIpc) is 2.41. The Balaban J connectivity index is 2.35. The van der Waals surface area contributed by atoms with Crippen molar-refractivity contribution in [3.8, 4) is 6.07 Å². The van der Waals surface area contributed by atoms with Crippen LogP contribution in [0.25, 0.3) is 0 Å². The third-order valence-electron chi connectivity index (χ3n) is 2.48. The number of hydrogen-bond donors (Lipinski definition) is 2. The highest BCUT2D eigenvalue weighted by molar-refractivity contribution is 9.10. The van der Waals surface area contributed by atoms with Crippen molar-refractivity contribution in [1.82, 2.24) is 4.98 Å². The Bertz CT molecular complexity index is 725. The largest absolute Gasteiger partial charge is 0.383 e. The molecule has 3 N–H and O–H groups in total. The van der Waals surface area contributed by atoms with Crippen molar-refractivity contribution in [3.63, 3.8) is 0 Å². The number of rotatable bonds is 2. The maximum atomic E-state index is 12.2. The SMILES string of the molecule is N#Cc1ccc(Br)cc1NC(=O)c1cc(Br)cnc1N. The van der Waals surface area contributed by atoms with Crippen molar-refractivity contribution in [2.75, 3.05) is 11.1 Å². The first-order valence-electron chi connectivity index (χ1n) is 5.43. The van der Waals surface area contributed by atoms with E-state index in [0.717, 1.165) is 4.47 Å². The number of nitrogens with one attached hydrogen (secondary N) is 1. The van der Waals surface area contributed by atoms with Gasteiger partial charge in [-0.05, 0) is 40.2 Å². The van der Waals surface area contributed by atoms with E-state index in [4.69, 9.17) is 11.0 Å². The number of nitriles is 1. The smallest absolute Gasteiger partial charge is 0.259 e. The van der Waals surface area contributed by atoms with Crippen molar-refractivity contribution in [2.24, 2.45) is 0 Å². The molecule has 0 saturated carbocycles. The van der Waals surface area contributed by atoms with Gasteiger partial charge in [0.2, 0.25) is 0 Å². The topological polar surface area (TPSA) is 91.8 Å². The molecule has 0 fully saturated rings. The fraction of sp³-hybridized carbons (Fsp3) is 0. The molecule has 2 aromatic rings. The van der Waals surface area contributed by atoms with Gasteiger partial charge in [-0.3, -0.25) is 4.79 Å². The van der Waals surface area contributed by atoms with Gasteiger partial charge in [-0.2, -0.15) is 5.26 Å². The molecule has 0 saturated heterocycles. The number of nitrogens with two attached hydrogens (primary N) is 1. The molecule has 100 valence electrons. The van der Waals surface area contributed by atoms with Crippen molar-refractivity contribution in [1.29, 1.82) is 5.26 Å². The number of aromatic nitrogens is 1. The Hall–Kier alpha value is -1.91. The number of carbonyl (C=O) groups excluding carboxylic acids is 1. The van der Waals surface area contributed by atoms with E-state index in [1.54, 1.807) is 24.3 Å². The summed E-state index contributed by atoms with van der Waals surface area (Å²) in [5.41, 5.74) is 6.69. The Labute approximate surface area is 132 Å². The summed E-state index contributed by atoms with van der Waals surface area (Å²) < 4.78 is 1.40. The second-order valence-electron chi connectivity index (χ2n) is 3.84. The number of benzene rings is 1. The highest BCUT2D eigenvalue weighted by Crippen LogP contribution is 2.23. The summed E-state index contributed by atoms with van der Waals surface area (Å²) in [7, 11) is 0. The zero-order valence-corrected chi connectivity index (χ0v) is 13.2. The molecule has 5 nitrogen and oxygen atoms in total. The van der Waals surface area contributed by atoms with Gasteiger partial charge in [0.05, 0.1) is 16.8 Å². The van der Waals surface area contributed by atoms with Gasteiger partial charge in [0, 0.05) is 15.1 Å². The molecule has 0 aliphatic carbocycles. The molecule has 0 atom stereocenters. The molecule has 0 radical (unpaired) electrons. The van der Waals surface area contributed by atoms with Crippen LogP contribution in [0, 0.1) is 11.3 Å². The first kappa shape index (κ1) is 14.5. The molecule has 7 heteroatoms. The van der Waals surface area contributed by atoms with Crippen LogP contribution in [0.3, 0.4) is 0 Å². The molecule has 0 bridgehead atoms. The van der Waals surface area contributed by atoms with Gasteiger partial charge >= 0.3 is 0 Å². The van der Waals surface area contributed by atoms with Crippen LogP contribution in [-0.2, 0) is 0 Å². The summed E-state index contributed by atoms with van der Waals surface area (Å²) in [5.74, 6) is -0.301. The van der Waals surface area contributed by atoms with Gasteiger partial charge in [0.1, 0.15) is 11.9 Å². The van der Waals surface area contributed by atoms with Crippen LogP contribution in [0.15, 0.2) is 39.4 Å². The molecule has 0 aliphatic rings. The summed E-state index contributed by atoms with van der Waals surface area (Å²) in [4.78, 5) is 16.1. The number of pyridine rings is 1. The van der Waals surface area contributed by atoms with Gasteiger partial charge in [-0.25, -0.2) is 4.98 Å². The minimum atomic E-state index is -0.425. The standard InChI is InChI=1S/C13H8Br2N4O/c14-8-2-1-7(5-16)11(4-8)19-13(20)10-3-9(15)6-18-12(10)17/h1-4,6H,(H2,17,18)(H,19,20). The van der Waals surface area contributed by atoms with E-state index in [9.17, 15) is 4.79 Å². The first-order chi connectivity index (χ1) is 9.51. The van der Waals surface area contributed by atoms with Crippen molar-refractivity contribution in [3.05, 3.63) is 50.5 Å². The Kier molecular flexibility index (Phi) is 4.37. The predicted molar refractivity (Wildman–Crippen MR) is 83.2 cm³/mol. The highest BCUT2D eigenvalue weighted by Gasteiger charge is 2.13. The second-order valence-corrected chi connectivity index (χ2v) is 5.67. The number of carbonyl (C=O) groups is 1. The molecule has 0 unspecified atom stereocenters. The Morgan fingerprint density at radius 1 is 1.30 bits per heavy atom. The van der Waals surface area contributed by atoms with E-state index in [0.29, 0.717) is 15.7 Å². The predicted octanol–water partition coefficient (Wildman–Crippen LogP) is 3.31. The average molecular weight is 396 g/mol.